The van der Waals surface area contributed by atoms with E-state index in [1.165, 1.54) is 6.07 Å². The summed E-state index contributed by atoms with van der Waals surface area (Å²) in [5.41, 5.74) is 1.13. The number of halogens is 2. The predicted octanol–water partition coefficient (Wildman–Crippen LogP) is 3.05. The molecule has 1 aliphatic rings. The lowest BCUT2D eigenvalue weighted by Gasteiger charge is -2.15. The number of aliphatic imine (C=N–C) groups is 1. The number of nitrogens with zero attached hydrogens (tertiary/aromatic N) is 1. The van der Waals surface area contributed by atoms with Crippen LogP contribution in [0.25, 0.3) is 0 Å². The van der Waals surface area contributed by atoms with Gasteiger partial charge >= 0.3 is 0 Å². The van der Waals surface area contributed by atoms with Gasteiger partial charge in [0.1, 0.15) is 5.82 Å². The minimum atomic E-state index is -0.161. The molecular formula is C15H23FIN3. The van der Waals surface area contributed by atoms with Gasteiger partial charge in [-0.05, 0) is 44.4 Å². The summed E-state index contributed by atoms with van der Waals surface area (Å²) in [5.74, 6) is 0.680. The van der Waals surface area contributed by atoms with Crippen molar-refractivity contribution in [1.29, 1.82) is 0 Å². The normalized spacial score (nSPS) is 14.9. The molecule has 0 bridgehead atoms. The molecule has 1 aliphatic carbocycles. The van der Waals surface area contributed by atoms with E-state index in [4.69, 9.17) is 0 Å². The summed E-state index contributed by atoms with van der Waals surface area (Å²) in [4.78, 5) is 4.62. The van der Waals surface area contributed by atoms with Crippen molar-refractivity contribution in [2.24, 2.45) is 4.99 Å². The van der Waals surface area contributed by atoms with E-state index in [0.717, 1.165) is 37.5 Å². The van der Waals surface area contributed by atoms with Crippen LogP contribution in [-0.4, -0.2) is 25.6 Å². The topological polar surface area (TPSA) is 36.4 Å². The van der Waals surface area contributed by atoms with E-state index < -0.39 is 0 Å². The molecule has 0 spiro atoms. The van der Waals surface area contributed by atoms with Crippen molar-refractivity contribution in [3.05, 3.63) is 35.6 Å². The average Bonchev–Trinajstić information content (AvgIpc) is 3.18. The Morgan fingerprint density at radius 2 is 1.90 bits per heavy atom. The Morgan fingerprint density at radius 3 is 2.40 bits per heavy atom. The zero-order chi connectivity index (χ0) is 13.7. The molecule has 0 amide bonds. The third kappa shape index (κ3) is 4.33. The van der Waals surface area contributed by atoms with Crippen LogP contribution in [-0.2, 0) is 5.41 Å². The maximum Gasteiger partial charge on any atom is 0.191 e. The van der Waals surface area contributed by atoms with Crippen LogP contribution in [0.3, 0.4) is 0 Å². The van der Waals surface area contributed by atoms with Gasteiger partial charge in [0.25, 0.3) is 0 Å². The third-order valence-electron chi connectivity index (χ3n) is 3.52. The lowest BCUT2D eigenvalue weighted by atomic mass is 9.96. The van der Waals surface area contributed by atoms with Gasteiger partial charge in [0.2, 0.25) is 0 Å². The summed E-state index contributed by atoms with van der Waals surface area (Å²) in [5, 5.41) is 6.42. The fourth-order valence-electron chi connectivity index (χ4n) is 2.25. The number of hydrogen-bond acceptors (Lipinski definition) is 1. The summed E-state index contributed by atoms with van der Waals surface area (Å²) < 4.78 is 13.3. The monoisotopic (exact) mass is 391 g/mol. The molecule has 1 aromatic rings. The molecule has 2 rings (SSSR count). The van der Waals surface area contributed by atoms with Crippen LogP contribution < -0.4 is 10.6 Å². The van der Waals surface area contributed by atoms with Gasteiger partial charge in [-0.25, -0.2) is 4.39 Å². The van der Waals surface area contributed by atoms with Gasteiger partial charge in [0.15, 0.2) is 5.96 Å². The number of benzene rings is 1. The molecule has 0 heterocycles. The van der Waals surface area contributed by atoms with Gasteiger partial charge in [-0.3, -0.25) is 4.99 Å². The zero-order valence-corrected chi connectivity index (χ0v) is 14.4. The van der Waals surface area contributed by atoms with E-state index in [0.29, 0.717) is 6.54 Å². The van der Waals surface area contributed by atoms with Crippen molar-refractivity contribution in [1.82, 2.24) is 10.6 Å². The SMILES string of the molecule is CCNC(=NCC1(c2cccc(F)c2)CC1)NCC.I. The molecule has 0 aliphatic heterocycles. The fraction of sp³-hybridized carbons (Fsp3) is 0.533. The largest absolute Gasteiger partial charge is 0.357 e. The Kier molecular flexibility index (Phi) is 6.71. The van der Waals surface area contributed by atoms with Crippen LogP contribution in [0.15, 0.2) is 29.3 Å². The Labute approximate surface area is 137 Å². The van der Waals surface area contributed by atoms with Crippen molar-refractivity contribution in [2.45, 2.75) is 32.1 Å². The van der Waals surface area contributed by atoms with Crippen molar-refractivity contribution in [2.75, 3.05) is 19.6 Å². The highest BCUT2D eigenvalue weighted by Gasteiger charge is 2.44. The highest BCUT2D eigenvalue weighted by Crippen LogP contribution is 2.48. The molecule has 1 aromatic carbocycles. The van der Waals surface area contributed by atoms with Gasteiger partial charge in [-0.2, -0.15) is 0 Å². The Morgan fingerprint density at radius 1 is 1.25 bits per heavy atom. The molecule has 0 atom stereocenters. The lowest BCUT2D eigenvalue weighted by Crippen LogP contribution is -2.37. The summed E-state index contributed by atoms with van der Waals surface area (Å²) in [6, 6.07) is 6.92. The van der Waals surface area contributed by atoms with Crippen LogP contribution in [0.1, 0.15) is 32.3 Å². The molecule has 3 nitrogen and oxygen atoms in total. The number of nitrogens with one attached hydrogen (secondary N) is 2. The van der Waals surface area contributed by atoms with Gasteiger partial charge in [-0.1, -0.05) is 12.1 Å². The van der Waals surface area contributed by atoms with Crippen LogP contribution in [0.4, 0.5) is 4.39 Å². The fourth-order valence-corrected chi connectivity index (χ4v) is 2.25. The molecule has 0 aromatic heterocycles. The van der Waals surface area contributed by atoms with Crippen LogP contribution in [0.5, 0.6) is 0 Å². The summed E-state index contributed by atoms with van der Waals surface area (Å²) in [6.07, 6.45) is 2.18. The summed E-state index contributed by atoms with van der Waals surface area (Å²) >= 11 is 0. The molecule has 1 saturated carbocycles. The molecular weight excluding hydrogens is 368 g/mol. The van der Waals surface area contributed by atoms with Gasteiger partial charge in [0.05, 0.1) is 6.54 Å². The smallest absolute Gasteiger partial charge is 0.191 e. The minimum absolute atomic E-state index is 0. The molecule has 112 valence electrons. The van der Waals surface area contributed by atoms with Gasteiger partial charge < -0.3 is 10.6 Å². The highest BCUT2D eigenvalue weighted by molar-refractivity contribution is 14.0. The molecule has 2 N–H and O–H groups in total. The second-order valence-electron chi connectivity index (χ2n) is 5.02. The molecule has 5 heteroatoms. The van der Waals surface area contributed by atoms with E-state index in [9.17, 15) is 4.39 Å². The number of hydrogen-bond donors (Lipinski definition) is 2. The molecule has 0 radical (unpaired) electrons. The van der Waals surface area contributed by atoms with Gasteiger partial charge in [-0.15, -0.1) is 24.0 Å². The molecule has 0 unspecified atom stereocenters. The second-order valence-corrected chi connectivity index (χ2v) is 5.02. The zero-order valence-electron chi connectivity index (χ0n) is 12.1. The Hall–Kier alpha value is -0.850. The van der Waals surface area contributed by atoms with E-state index in [2.05, 4.69) is 15.6 Å². The molecule has 1 fully saturated rings. The Balaban J connectivity index is 0.00000200. The van der Waals surface area contributed by atoms with Crippen molar-refractivity contribution in [3.8, 4) is 0 Å². The summed E-state index contributed by atoms with van der Waals surface area (Å²) in [7, 11) is 0. The second kappa shape index (κ2) is 7.81. The minimum Gasteiger partial charge on any atom is -0.357 e. The number of guanidine groups is 1. The van der Waals surface area contributed by atoms with Gasteiger partial charge in [0, 0.05) is 18.5 Å². The quantitative estimate of drug-likeness (QED) is 0.460. The maximum absolute atomic E-state index is 13.3. The van der Waals surface area contributed by atoms with Crippen LogP contribution >= 0.6 is 24.0 Å². The lowest BCUT2D eigenvalue weighted by molar-refractivity contribution is 0.616. The van der Waals surface area contributed by atoms with E-state index in [1.54, 1.807) is 12.1 Å². The first-order chi connectivity index (χ1) is 9.20. The first kappa shape index (κ1) is 17.2. The van der Waals surface area contributed by atoms with E-state index in [1.807, 2.05) is 19.9 Å². The first-order valence-electron chi connectivity index (χ1n) is 6.98. The third-order valence-corrected chi connectivity index (χ3v) is 3.52. The number of rotatable bonds is 5. The van der Waals surface area contributed by atoms with Crippen molar-refractivity contribution in [3.63, 3.8) is 0 Å². The van der Waals surface area contributed by atoms with Crippen molar-refractivity contribution < 1.29 is 4.39 Å². The van der Waals surface area contributed by atoms with Crippen molar-refractivity contribution >= 4 is 29.9 Å². The average molecular weight is 391 g/mol. The molecule has 20 heavy (non-hydrogen) atoms. The van der Waals surface area contributed by atoms with E-state index in [-0.39, 0.29) is 35.2 Å². The Bertz CT molecular complexity index is 450. The van der Waals surface area contributed by atoms with Crippen LogP contribution in [0, 0.1) is 5.82 Å². The maximum atomic E-state index is 13.3. The van der Waals surface area contributed by atoms with Crippen LogP contribution in [0.2, 0.25) is 0 Å². The highest BCUT2D eigenvalue weighted by atomic mass is 127. The molecule has 0 saturated heterocycles. The standard InChI is InChI=1S/C15H22FN3.HI/c1-3-17-14(18-4-2)19-11-15(8-9-15)12-6-5-7-13(16)10-12;/h5-7,10H,3-4,8-9,11H2,1-2H3,(H2,17,18,19);1H. The predicted molar refractivity (Wildman–Crippen MR) is 92.4 cm³/mol. The summed E-state index contributed by atoms with van der Waals surface area (Å²) in [6.45, 7) is 6.50. The first-order valence-corrected chi connectivity index (χ1v) is 6.98. The van der Waals surface area contributed by atoms with E-state index >= 15 is 0 Å².